The van der Waals surface area contributed by atoms with Crippen LogP contribution in [0.25, 0.3) is 0 Å². The molecule has 0 aliphatic heterocycles. The van der Waals surface area contributed by atoms with Crippen molar-refractivity contribution in [2.75, 3.05) is 0 Å². The van der Waals surface area contributed by atoms with Crippen LogP contribution in [0.15, 0.2) is 18.2 Å². The number of benzene rings is 1. The molecule has 0 aliphatic carbocycles. The van der Waals surface area contributed by atoms with E-state index in [1.54, 1.807) is 12.1 Å². The number of unbranched alkanes of at least 4 members (excludes halogenated alkanes) is 11. The molecule has 136 valence electrons. The smallest absolute Gasteiger partial charge is 0.163 e. The first-order valence-electron chi connectivity index (χ1n) is 9.98. The highest BCUT2D eigenvalue weighted by molar-refractivity contribution is 5.96. The van der Waals surface area contributed by atoms with Crippen LogP contribution in [0.2, 0.25) is 0 Å². The first-order chi connectivity index (χ1) is 11.6. The minimum absolute atomic E-state index is 0.0792. The lowest BCUT2D eigenvalue weighted by Gasteiger charge is -2.06. The second-order valence-electron chi connectivity index (χ2n) is 7.05. The number of carbonyl (C=O) groups is 1. The summed E-state index contributed by atoms with van der Waals surface area (Å²) in [5.74, 6) is 0.0448. The zero-order chi connectivity index (χ0) is 17.6. The number of phenols is 1. The highest BCUT2D eigenvalue weighted by atomic mass is 16.3. The number of ketones is 1. The molecule has 0 unspecified atom stereocenters. The summed E-state index contributed by atoms with van der Waals surface area (Å²) in [7, 11) is 0. The Morgan fingerprint density at radius 3 is 1.79 bits per heavy atom. The lowest BCUT2D eigenvalue weighted by atomic mass is 10.0. The maximum atomic E-state index is 11.3. The Morgan fingerprint density at radius 1 is 0.833 bits per heavy atom. The van der Waals surface area contributed by atoms with Gasteiger partial charge in [0.25, 0.3) is 0 Å². The Bertz CT molecular complexity index is 465. The zero-order valence-corrected chi connectivity index (χ0v) is 15.8. The molecule has 0 saturated heterocycles. The monoisotopic (exact) mass is 332 g/mol. The van der Waals surface area contributed by atoms with E-state index in [1.165, 1.54) is 77.6 Å². The van der Waals surface area contributed by atoms with Crippen molar-refractivity contribution in [3.05, 3.63) is 29.3 Å². The van der Waals surface area contributed by atoms with E-state index in [2.05, 4.69) is 6.92 Å². The van der Waals surface area contributed by atoms with E-state index in [-0.39, 0.29) is 11.5 Å². The number of Topliss-reactive ketones (excluding diaryl/α,β-unsaturated/α-hetero) is 1. The van der Waals surface area contributed by atoms with Crippen molar-refractivity contribution >= 4 is 5.78 Å². The van der Waals surface area contributed by atoms with Crippen LogP contribution in [0.1, 0.15) is 107 Å². The quantitative estimate of drug-likeness (QED) is 0.299. The fraction of sp³-hybridized carbons (Fsp3) is 0.682. The molecule has 1 N–H and O–H groups in total. The molecular formula is C22H36O2. The topological polar surface area (TPSA) is 37.3 Å². The molecule has 0 radical (unpaired) electrons. The molecule has 0 spiro atoms. The fourth-order valence-electron chi connectivity index (χ4n) is 3.20. The van der Waals surface area contributed by atoms with Crippen molar-refractivity contribution in [1.82, 2.24) is 0 Å². The Morgan fingerprint density at radius 2 is 1.33 bits per heavy atom. The van der Waals surface area contributed by atoms with Crippen LogP contribution in [-0.2, 0) is 6.42 Å². The van der Waals surface area contributed by atoms with Gasteiger partial charge in [0.05, 0.1) is 5.56 Å². The fourth-order valence-corrected chi connectivity index (χ4v) is 3.20. The molecule has 0 heterocycles. The third-order valence-corrected chi connectivity index (χ3v) is 4.76. The molecule has 0 amide bonds. The maximum absolute atomic E-state index is 11.3. The molecule has 2 nitrogen and oxygen atoms in total. The Kier molecular flexibility index (Phi) is 11.3. The van der Waals surface area contributed by atoms with Crippen LogP contribution in [0.3, 0.4) is 0 Å². The minimum atomic E-state index is -0.0792. The average molecular weight is 333 g/mol. The summed E-state index contributed by atoms with van der Waals surface area (Å²) >= 11 is 0. The Balaban J connectivity index is 1.99. The van der Waals surface area contributed by atoms with Crippen molar-refractivity contribution in [2.45, 2.75) is 97.3 Å². The van der Waals surface area contributed by atoms with Gasteiger partial charge >= 0.3 is 0 Å². The van der Waals surface area contributed by atoms with E-state index in [0.717, 1.165) is 18.4 Å². The van der Waals surface area contributed by atoms with Gasteiger partial charge in [0.1, 0.15) is 5.75 Å². The third-order valence-electron chi connectivity index (χ3n) is 4.76. The van der Waals surface area contributed by atoms with Gasteiger partial charge in [-0.05, 0) is 37.5 Å². The summed E-state index contributed by atoms with van der Waals surface area (Å²) in [5, 5.41) is 9.83. The van der Waals surface area contributed by atoms with Gasteiger partial charge < -0.3 is 5.11 Å². The van der Waals surface area contributed by atoms with Gasteiger partial charge in [0.15, 0.2) is 5.78 Å². The number of rotatable bonds is 14. The van der Waals surface area contributed by atoms with Crippen LogP contribution >= 0.6 is 0 Å². The highest BCUT2D eigenvalue weighted by Gasteiger charge is 2.06. The summed E-state index contributed by atoms with van der Waals surface area (Å²) in [6, 6.07) is 5.46. The van der Waals surface area contributed by atoms with Crippen LogP contribution in [0, 0.1) is 0 Å². The van der Waals surface area contributed by atoms with Crippen LogP contribution in [-0.4, -0.2) is 10.9 Å². The number of aromatic hydroxyl groups is 1. The molecule has 1 aromatic carbocycles. The molecular weight excluding hydrogens is 296 g/mol. The van der Waals surface area contributed by atoms with Crippen molar-refractivity contribution in [3.63, 3.8) is 0 Å². The van der Waals surface area contributed by atoms with E-state index in [0.29, 0.717) is 5.56 Å². The third kappa shape index (κ3) is 9.10. The number of aryl methyl sites for hydroxylation is 1. The SMILES string of the molecule is CCCCCCCCCCCCCCc1ccc(C(C)=O)c(O)c1. The zero-order valence-electron chi connectivity index (χ0n) is 15.8. The van der Waals surface area contributed by atoms with Gasteiger partial charge in [-0.15, -0.1) is 0 Å². The van der Waals surface area contributed by atoms with Crippen molar-refractivity contribution in [1.29, 1.82) is 0 Å². The van der Waals surface area contributed by atoms with Gasteiger partial charge in [0, 0.05) is 0 Å². The largest absolute Gasteiger partial charge is 0.507 e. The highest BCUT2D eigenvalue weighted by Crippen LogP contribution is 2.21. The molecule has 0 fully saturated rings. The maximum Gasteiger partial charge on any atom is 0.163 e. The van der Waals surface area contributed by atoms with Crippen LogP contribution < -0.4 is 0 Å². The van der Waals surface area contributed by atoms with Gasteiger partial charge in [-0.2, -0.15) is 0 Å². The summed E-state index contributed by atoms with van der Waals surface area (Å²) in [4.78, 5) is 11.3. The second kappa shape index (κ2) is 13.0. The van der Waals surface area contributed by atoms with Crippen molar-refractivity contribution in [3.8, 4) is 5.75 Å². The average Bonchev–Trinajstić information content (AvgIpc) is 2.55. The number of hydrogen-bond acceptors (Lipinski definition) is 2. The van der Waals surface area contributed by atoms with E-state index < -0.39 is 0 Å². The molecule has 24 heavy (non-hydrogen) atoms. The van der Waals surface area contributed by atoms with E-state index in [1.807, 2.05) is 6.07 Å². The molecule has 0 saturated carbocycles. The molecule has 2 heteroatoms. The Labute approximate surface area is 148 Å². The minimum Gasteiger partial charge on any atom is -0.507 e. The van der Waals surface area contributed by atoms with E-state index >= 15 is 0 Å². The molecule has 1 aromatic rings. The number of carbonyl (C=O) groups excluding carboxylic acids is 1. The summed E-state index contributed by atoms with van der Waals surface area (Å²) in [6.45, 7) is 3.75. The standard InChI is InChI=1S/C22H36O2/c1-3-4-5-6-7-8-9-10-11-12-13-14-15-20-16-17-21(19(2)23)22(24)18-20/h16-18,24H,3-15H2,1-2H3. The van der Waals surface area contributed by atoms with Gasteiger partial charge in [0.2, 0.25) is 0 Å². The predicted molar refractivity (Wildman–Crippen MR) is 103 cm³/mol. The molecule has 0 bridgehead atoms. The van der Waals surface area contributed by atoms with Gasteiger partial charge in [-0.25, -0.2) is 0 Å². The summed E-state index contributed by atoms with van der Waals surface area (Å²) in [6.07, 6.45) is 17.2. The van der Waals surface area contributed by atoms with Crippen LogP contribution in [0.4, 0.5) is 0 Å². The normalized spacial score (nSPS) is 10.9. The van der Waals surface area contributed by atoms with Crippen LogP contribution in [0.5, 0.6) is 5.75 Å². The number of phenolic OH excluding ortho intramolecular Hbond substituents is 1. The van der Waals surface area contributed by atoms with Gasteiger partial charge in [-0.3, -0.25) is 4.79 Å². The lowest BCUT2D eigenvalue weighted by molar-refractivity contribution is 0.101. The van der Waals surface area contributed by atoms with E-state index in [9.17, 15) is 9.90 Å². The second-order valence-corrected chi connectivity index (χ2v) is 7.05. The molecule has 0 aliphatic rings. The molecule has 0 aromatic heterocycles. The first kappa shape index (κ1) is 20.7. The van der Waals surface area contributed by atoms with Crippen molar-refractivity contribution < 1.29 is 9.90 Å². The Hall–Kier alpha value is -1.31. The predicted octanol–water partition coefficient (Wildman–Crippen LogP) is 6.84. The summed E-state index contributed by atoms with van der Waals surface area (Å²) in [5.41, 5.74) is 1.55. The molecule has 0 atom stereocenters. The summed E-state index contributed by atoms with van der Waals surface area (Å²) < 4.78 is 0. The van der Waals surface area contributed by atoms with E-state index in [4.69, 9.17) is 0 Å². The first-order valence-corrected chi connectivity index (χ1v) is 9.98. The van der Waals surface area contributed by atoms with Crippen molar-refractivity contribution in [2.24, 2.45) is 0 Å². The number of hydrogen-bond donors (Lipinski definition) is 1. The lowest BCUT2D eigenvalue weighted by Crippen LogP contribution is -1.94. The van der Waals surface area contributed by atoms with Gasteiger partial charge in [-0.1, -0.05) is 83.6 Å². The molecule has 1 rings (SSSR count).